The van der Waals surface area contributed by atoms with E-state index in [0.29, 0.717) is 54.7 Å². The van der Waals surface area contributed by atoms with E-state index in [9.17, 15) is 19.5 Å². The molecule has 5 unspecified atom stereocenters. The zero-order valence-corrected chi connectivity index (χ0v) is 33.6. The minimum Gasteiger partial charge on any atom is -0.478 e. The van der Waals surface area contributed by atoms with Crippen LogP contribution in [0.4, 0.5) is 0 Å². The van der Waals surface area contributed by atoms with Crippen LogP contribution in [0.25, 0.3) is 0 Å². The van der Waals surface area contributed by atoms with Gasteiger partial charge < -0.3 is 20.8 Å². The molecular weight excluding hydrogens is 673 g/mol. The smallest absolute Gasteiger partial charge is 0.335 e. The Morgan fingerprint density at radius 1 is 0.778 bits per heavy atom. The van der Waals surface area contributed by atoms with Crippen LogP contribution in [0, 0.1) is 56.7 Å². The third-order valence-electron chi connectivity index (χ3n) is 17.0. The molecule has 0 heterocycles. The first kappa shape index (κ1) is 38.8. The van der Waals surface area contributed by atoms with E-state index >= 15 is 0 Å². The predicted molar refractivity (Wildman–Crippen MR) is 213 cm³/mol. The van der Waals surface area contributed by atoms with Crippen LogP contribution in [0.2, 0.25) is 0 Å². The number of hydrogen-bond acceptors (Lipinski definition) is 4. The van der Waals surface area contributed by atoms with Crippen molar-refractivity contribution in [3.63, 3.8) is 0 Å². The van der Waals surface area contributed by atoms with Gasteiger partial charge in [-0.05, 0) is 164 Å². The number of nitrogens with one attached hydrogen (secondary N) is 2. The summed E-state index contributed by atoms with van der Waals surface area (Å²) in [6, 6.07) is 14.1. The van der Waals surface area contributed by atoms with Gasteiger partial charge in [0.05, 0.1) is 17.1 Å². The van der Waals surface area contributed by atoms with Crippen molar-refractivity contribution in [1.29, 1.82) is 0 Å². The molecule has 5 aliphatic carbocycles. The first-order valence-corrected chi connectivity index (χ1v) is 20.8. The lowest BCUT2D eigenvalue weighted by Gasteiger charge is -2.72. The van der Waals surface area contributed by atoms with Gasteiger partial charge in [0.1, 0.15) is 0 Å². The number of carboxylic acid groups (broad SMARTS) is 1. The predicted octanol–water partition coefficient (Wildman–Crippen LogP) is 8.99. The number of carbonyl (C=O) groups excluding carboxylic acids is 2. The van der Waals surface area contributed by atoms with Crippen LogP contribution >= 0.6 is 0 Å². The molecule has 7 rings (SSSR count). The maximum atomic E-state index is 14.6. The van der Waals surface area contributed by atoms with E-state index in [1.165, 1.54) is 43.4 Å². The second-order valence-electron chi connectivity index (χ2n) is 19.6. The molecule has 5 fully saturated rings. The van der Waals surface area contributed by atoms with Crippen LogP contribution in [0.15, 0.2) is 60.7 Å². The SMILES string of the molecule is C=C(C)C1CC[C@]2(C(=O)NCCc3cccc(C(=O)NCc4ccc(C(=O)O)cc4)c3)CC[C@]3(C)C(CCC4[C@@]5(C)CC[C@H](O)C(C)(C)C5CC[C@]43C)C12. The molecule has 4 N–H and O–H groups in total. The van der Waals surface area contributed by atoms with Crippen molar-refractivity contribution in [1.82, 2.24) is 10.6 Å². The van der Waals surface area contributed by atoms with Crippen LogP contribution in [0.3, 0.4) is 0 Å². The Labute approximate surface area is 323 Å². The fourth-order valence-corrected chi connectivity index (χ4v) is 13.9. The Morgan fingerprint density at radius 3 is 2.22 bits per heavy atom. The molecule has 0 spiro atoms. The van der Waals surface area contributed by atoms with Crippen LogP contribution in [0.5, 0.6) is 0 Å². The minimum absolute atomic E-state index is 0.0601. The van der Waals surface area contributed by atoms with Crippen LogP contribution in [-0.4, -0.2) is 40.6 Å². The fraction of sp³-hybridized carbons (Fsp3) is 0.638. The Hall–Kier alpha value is -3.45. The number of carboxylic acids is 1. The average Bonchev–Trinajstić information content (AvgIpc) is 3.54. The monoisotopic (exact) mass is 736 g/mol. The van der Waals surface area contributed by atoms with Crippen molar-refractivity contribution in [2.45, 2.75) is 125 Å². The topological polar surface area (TPSA) is 116 Å². The van der Waals surface area contributed by atoms with Crippen LogP contribution < -0.4 is 10.6 Å². The fourth-order valence-electron chi connectivity index (χ4n) is 13.9. The van der Waals surface area contributed by atoms with Gasteiger partial charge in [-0.3, -0.25) is 9.59 Å². The van der Waals surface area contributed by atoms with Gasteiger partial charge in [0.15, 0.2) is 0 Å². The molecule has 5 saturated carbocycles. The van der Waals surface area contributed by atoms with E-state index in [0.717, 1.165) is 49.7 Å². The summed E-state index contributed by atoms with van der Waals surface area (Å²) >= 11 is 0. The Balaban J connectivity index is 1.04. The molecule has 5 aliphatic rings. The molecule has 54 heavy (non-hydrogen) atoms. The summed E-state index contributed by atoms with van der Waals surface area (Å²) in [5, 5.41) is 26.6. The van der Waals surface area contributed by atoms with Gasteiger partial charge in [-0.1, -0.05) is 71.0 Å². The highest BCUT2D eigenvalue weighted by molar-refractivity contribution is 5.94. The Bertz CT molecular complexity index is 1800. The highest BCUT2D eigenvalue weighted by atomic mass is 16.4. The number of carbonyl (C=O) groups is 3. The van der Waals surface area contributed by atoms with Gasteiger partial charge in [0.25, 0.3) is 5.91 Å². The number of fused-ring (bicyclic) bond motifs is 7. The third kappa shape index (κ3) is 6.06. The number of aliphatic hydroxyl groups is 1. The minimum atomic E-state index is -0.978. The van der Waals surface area contributed by atoms with Crippen LogP contribution in [-0.2, 0) is 17.8 Å². The lowest BCUT2D eigenvalue weighted by molar-refractivity contribution is -0.246. The number of benzene rings is 2. The van der Waals surface area contributed by atoms with Crippen molar-refractivity contribution < 1.29 is 24.6 Å². The van der Waals surface area contributed by atoms with Gasteiger partial charge in [-0.15, -0.1) is 0 Å². The lowest BCUT2D eigenvalue weighted by atomic mass is 9.32. The molecule has 7 nitrogen and oxygen atoms in total. The summed E-state index contributed by atoms with van der Waals surface area (Å²) in [6.45, 7) is 20.0. The molecule has 10 atom stereocenters. The zero-order chi connectivity index (χ0) is 38.8. The largest absolute Gasteiger partial charge is 0.478 e. The first-order chi connectivity index (χ1) is 25.5. The maximum Gasteiger partial charge on any atom is 0.335 e. The number of allylic oxidation sites excluding steroid dienone is 1. The molecule has 292 valence electrons. The van der Waals surface area contributed by atoms with Crippen molar-refractivity contribution in [2.24, 2.45) is 56.7 Å². The molecule has 2 aromatic carbocycles. The van der Waals surface area contributed by atoms with Gasteiger partial charge in [0.2, 0.25) is 5.91 Å². The zero-order valence-electron chi connectivity index (χ0n) is 33.6. The number of aromatic carboxylic acids is 1. The number of hydrogen-bond donors (Lipinski definition) is 4. The second-order valence-corrected chi connectivity index (χ2v) is 19.6. The number of amides is 2. The van der Waals surface area contributed by atoms with Gasteiger partial charge in [0, 0.05) is 18.7 Å². The maximum absolute atomic E-state index is 14.6. The summed E-state index contributed by atoms with van der Waals surface area (Å²) in [5.74, 6) is 1.36. The van der Waals surface area contributed by atoms with E-state index in [4.69, 9.17) is 5.11 Å². The average molecular weight is 737 g/mol. The summed E-state index contributed by atoms with van der Waals surface area (Å²) in [4.78, 5) is 38.8. The summed E-state index contributed by atoms with van der Waals surface area (Å²) in [6.07, 6.45) is 11.2. The quantitative estimate of drug-likeness (QED) is 0.192. The molecule has 7 heteroatoms. The highest BCUT2D eigenvalue weighted by Gasteiger charge is 2.71. The Morgan fingerprint density at radius 2 is 1.52 bits per heavy atom. The number of aliphatic hydroxyl groups excluding tert-OH is 1. The molecule has 0 aromatic heterocycles. The lowest BCUT2D eigenvalue weighted by Crippen LogP contribution is -2.67. The summed E-state index contributed by atoms with van der Waals surface area (Å²) in [5.41, 5.74) is 3.98. The number of rotatable bonds is 9. The van der Waals surface area contributed by atoms with E-state index in [2.05, 4.69) is 58.8 Å². The molecule has 0 radical (unpaired) electrons. The molecule has 0 saturated heterocycles. The Kier molecular flexibility index (Phi) is 10.0. The van der Waals surface area contributed by atoms with E-state index < -0.39 is 5.97 Å². The van der Waals surface area contributed by atoms with Gasteiger partial charge in [-0.2, -0.15) is 0 Å². The van der Waals surface area contributed by atoms with E-state index in [1.54, 1.807) is 18.2 Å². The first-order valence-electron chi connectivity index (χ1n) is 20.8. The second kappa shape index (κ2) is 13.9. The molecule has 0 aliphatic heterocycles. The molecule has 2 aromatic rings. The summed E-state index contributed by atoms with van der Waals surface area (Å²) in [7, 11) is 0. The standard InChI is InChI=1S/C47H64N2O5/c1-29(2)34-17-23-47(42(54)48-26-20-30-9-8-10-33(27-30)40(51)49-28-31-11-13-32(14-12-31)41(52)53)25-24-45(6)35(39(34)47)15-16-37-44(5)21-19-38(50)43(3,4)36(44)18-22-46(37,45)7/h8-14,27,34-39,50H,1,15-26,28H2,2-7H3,(H,48,54)(H,49,51)(H,52,53)/t34?,35?,36?,37?,38-,39?,44-,45+,46+,47-/m0/s1. The molecule has 2 amide bonds. The van der Waals surface area contributed by atoms with E-state index in [-0.39, 0.29) is 50.6 Å². The van der Waals surface area contributed by atoms with Gasteiger partial charge in [-0.25, -0.2) is 4.79 Å². The van der Waals surface area contributed by atoms with Crippen molar-refractivity contribution in [3.05, 3.63) is 82.9 Å². The van der Waals surface area contributed by atoms with Crippen LogP contribution in [0.1, 0.15) is 138 Å². The normalized spacial score (nSPS) is 37.8. The van der Waals surface area contributed by atoms with E-state index in [1.807, 2.05) is 18.2 Å². The third-order valence-corrected chi connectivity index (χ3v) is 17.0. The summed E-state index contributed by atoms with van der Waals surface area (Å²) < 4.78 is 0. The van der Waals surface area contributed by atoms with Crippen molar-refractivity contribution >= 4 is 17.8 Å². The van der Waals surface area contributed by atoms with Crippen molar-refractivity contribution in [2.75, 3.05) is 6.54 Å². The van der Waals surface area contributed by atoms with Gasteiger partial charge >= 0.3 is 5.97 Å². The highest BCUT2D eigenvalue weighted by Crippen LogP contribution is 2.77. The molecule has 0 bridgehead atoms. The van der Waals surface area contributed by atoms with Crippen molar-refractivity contribution in [3.8, 4) is 0 Å². The molecular formula is C47H64N2O5.